The Morgan fingerprint density at radius 3 is 2.38 bits per heavy atom. The van der Waals surface area contributed by atoms with E-state index in [0.717, 1.165) is 12.1 Å². The van der Waals surface area contributed by atoms with Gasteiger partial charge in [0.25, 0.3) is 11.8 Å². The SMILES string of the molecule is COc1ccc(C(=O)Nc2cnn3c2C(=O)N(c2ccc(C(F)(F)F)cc2)C[C@@H]3C)cc1. The minimum atomic E-state index is -4.46. The average Bonchev–Trinajstić information content (AvgIpc) is 3.20. The van der Waals surface area contributed by atoms with Crippen molar-refractivity contribution in [2.75, 3.05) is 23.9 Å². The van der Waals surface area contributed by atoms with Crippen LogP contribution in [0.1, 0.15) is 39.4 Å². The van der Waals surface area contributed by atoms with E-state index in [9.17, 15) is 22.8 Å². The minimum Gasteiger partial charge on any atom is -0.497 e. The Hall–Kier alpha value is -3.82. The molecule has 0 unspecified atom stereocenters. The molecule has 166 valence electrons. The fourth-order valence-corrected chi connectivity index (χ4v) is 3.54. The van der Waals surface area contributed by atoms with Crippen molar-refractivity contribution >= 4 is 23.2 Å². The van der Waals surface area contributed by atoms with Crippen molar-refractivity contribution < 1.29 is 27.5 Å². The van der Waals surface area contributed by atoms with Crippen LogP contribution < -0.4 is 15.0 Å². The van der Waals surface area contributed by atoms with Crippen molar-refractivity contribution in [2.24, 2.45) is 0 Å². The van der Waals surface area contributed by atoms with Crippen LogP contribution in [0, 0.1) is 0 Å². The van der Waals surface area contributed by atoms with Gasteiger partial charge < -0.3 is 15.0 Å². The maximum atomic E-state index is 13.2. The van der Waals surface area contributed by atoms with E-state index in [0.29, 0.717) is 17.0 Å². The molecular formula is C22H19F3N4O3. The second-order valence-electron chi connectivity index (χ2n) is 7.34. The van der Waals surface area contributed by atoms with E-state index in [1.807, 2.05) is 6.92 Å². The third kappa shape index (κ3) is 3.91. The van der Waals surface area contributed by atoms with Crippen LogP contribution in [0.25, 0.3) is 0 Å². The van der Waals surface area contributed by atoms with Gasteiger partial charge >= 0.3 is 6.18 Å². The molecule has 1 aliphatic heterocycles. The lowest BCUT2D eigenvalue weighted by Gasteiger charge is -2.32. The van der Waals surface area contributed by atoms with Crippen LogP contribution >= 0.6 is 0 Å². The predicted octanol–water partition coefficient (Wildman–Crippen LogP) is 4.38. The number of nitrogens with zero attached hydrogens (tertiary/aromatic N) is 3. The van der Waals surface area contributed by atoms with Gasteiger partial charge in [-0.2, -0.15) is 18.3 Å². The van der Waals surface area contributed by atoms with E-state index in [4.69, 9.17) is 4.74 Å². The maximum absolute atomic E-state index is 13.2. The number of nitrogens with one attached hydrogen (secondary N) is 1. The Morgan fingerprint density at radius 1 is 1.12 bits per heavy atom. The van der Waals surface area contributed by atoms with E-state index in [1.165, 1.54) is 35.0 Å². The number of carbonyl (C=O) groups excluding carboxylic acids is 2. The first kappa shape index (κ1) is 21.4. The monoisotopic (exact) mass is 444 g/mol. The zero-order chi connectivity index (χ0) is 23.0. The number of aromatic nitrogens is 2. The summed E-state index contributed by atoms with van der Waals surface area (Å²) in [6.07, 6.45) is -3.07. The van der Waals surface area contributed by atoms with E-state index in [1.54, 1.807) is 24.3 Å². The van der Waals surface area contributed by atoms with Crippen LogP contribution in [-0.4, -0.2) is 35.2 Å². The maximum Gasteiger partial charge on any atom is 0.416 e. The molecule has 1 aromatic heterocycles. The molecule has 0 aliphatic carbocycles. The molecule has 4 rings (SSSR count). The number of fused-ring (bicyclic) bond motifs is 1. The number of rotatable bonds is 4. The van der Waals surface area contributed by atoms with Gasteiger partial charge in [0.2, 0.25) is 0 Å². The summed E-state index contributed by atoms with van der Waals surface area (Å²) in [7, 11) is 1.52. The highest BCUT2D eigenvalue weighted by molar-refractivity contribution is 6.13. The topological polar surface area (TPSA) is 76.5 Å². The molecule has 0 saturated carbocycles. The van der Waals surface area contributed by atoms with Crippen LogP contribution in [0.15, 0.2) is 54.7 Å². The van der Waals surface area contributed by atoms with Crippen LogP contribution in [0.2, 0.25) is 0 Å². The smallest absolute Gasteiger partial charge is 0.416 e. The van der Waals surface area contributed by atoms with Gasteiger partial charge in [-0.15, -0.1) is 0 Å². The number of hydrogen-bond acceptors (Lipinski definition) is 4. The first-order valence-electron chi connectivity index (χ1n) is 9.71. The molecule has 2 heterocycles. The van der Waals surface area contributed by atoms with Gasteiger partial charge in [-0.25, -0.2) is 0 Å². The number of benzene rings is 2. The third-order valence-electron chi connectivity index (χ3n) is 5.21. The minimum absolute atomic E-state index is 0.158. The van der Waals surface area contributed by atoms with E-state index >= 15 is 0 Å². The highest BCUT2D eigenvalue weighted by Gasteiger charge is 2.35. The number of hydrogen-bond donors (Lipinski definition) is 1. The fraction of sp³-hybridized carbons (Fsp3) is 0.227. The molecule has 2 amide bonds. The van der Waals surface area contributed by atoms with Crippen LogP contribution in [-0.2, 0) is 6.18 Å². The highest BCUT2D eigenvalue weighted by atomic mass is 19.4. The molecule has 32 heavy (non-hydrogen) atoms. The number of ether oxygens (including phenoxy) is 1. The van der Waals surface area contributed by atoms with Crippen LogP contribution in [0.3, 0.4) is 0 Å². The first-order valence-corrected chi connectivity index (χ1v) is 9.71. The van der Waals surface area contributed by atoms with Gasteiger partial charge in [0, 0.05) is 17.8 Å². The molecule has 7 nitrogen and oxygen atoms in total. The average molecular weight is 444 g/mol. The Labute approximate surface area is 181 Å². The van der Waals surface area contributed by atoms with Gasteiger partial charge in [-0.05, 0) is 55.5 Å². The van der Waals surface area contributed by atoms with Gasteiger partial charge in [0.05, 0.1) is 30.6 Å². The van der Waals surface area contributed by atoms with Crippen molar-refractivity contribution in [3.8, 4) is 5.75 Å². The van der Waals surface area contributed by atoms with Gasteiger partial charge in [0.1, 0.15) is 5.75 Å². The van der Waals surface area contributed by atoms with Crippen molar-refractivity contribution in [3.63, 3.8) is 0 Å². The fourth-order valence-electron chi connectivity index (χ4n) is 3.54. The Bertz CT molecular complexity index is 1150. The summed E-state index contributed by atoms with van der Waals surface area (Å²) in [5, 5.41) is 6.92. The van der Waals surface area contributed by atoms with Gasteiger partial charge in [-0.1, -0.05) is 0 Å². The molecule has 1 atom stereocenters. The summed E-state index contributed by atoms with van der Waals surface area (Å²) < 4.78 is 45.2. The van der Waals surface area contributed by atoms with Crippen molar-refractivity contribution in [1.82, 2.24) is 9.78 Å². The lowest BCUT2D eigenvalue weighted by molar-refractivity contribution is -0.137. The Balaban J connectivity index is 1.60. The van der Waals surface area contributed by atoms with Crippen LogP contribution in [0.4, 0.5) is 24.5 Å². The molecular weight excluding hydrogens is 425 g/mol. The molecule has 3 aromatic rings. The zero-order valence-corrected chi connectivity index (χ0v) is 17.2. The number of halogens is 3. The number of methoxy groups -OCH3 is 1. The third-order valence-corrected chi connectivity index (χ3v) is 5.21. The van der Waals surface area contributed by atoms with E-state index in [2.05, 4.69) is 10.4 Å². The molecule has 1 aliphatic rings. The molecule has 0 bridgehead atoms. The number of alkyl halides is 3. The second-order valence-corrected chi connectivity index (χ2v) is 7.34. The summed E-state index contributed by atoms with van der Waals surface area (Å²) in [6, 6.07) is 10.6. The Kier molecular flexibility index (Phi) is 5.37. The standard InChI is InChI=1S/C22H19F3N4O3/c1-13-12-28(16-7-5-15(6-8-16)22(23,24)25)21(31)19-18(11-26-29(13)19)27-20(30)14-3-9-17(32-2)10-4-14/h3-11,13H,12H2,1-2H3,(H,27,30)/t13-/m0/s1. The van der Waals surface area contributed by atoms with Gasteiger partial charge in [-0.3, -0.25) is 14.3 Å². The number of carbonyl (C=O) groups is 2. The molecule has 0 saturated heterocycles. The summed E-state index contributed by atoms with van der Waals surface area (Å²) in [5.41, 5.74) is 0.275. The lowest BCUT2D eigenvalue weighted by atomic mass is 10.1. The molecule has 0 spiro atoms. The van der Waals surface area contributed by atoms with Crippen molar-refractivity contribution in [2.45, 2.75) is 19.1 Å². The number of amides is 2. The Morgan fingerprint density at radius 2 is 1.78 bits per heavy atom. The van der Waals surface area contributed by atoms with Crippen molar-refractivity contribution in [1.29, 1.82) is 0 Å². The molecule has 10 heteroatoms. The summed E-state index contributed by atoms with van der Waals surface area (Å²) in [6.45, 7) is 2.06. The molecule has 2 aromatic carbocycles. The zero-order valence-electron chi connectivity index (χ0n) is 17.2. The van der Waals surface area contributed by atoms with E-state index < -0.39 is 23.6 Å². The van der Waals surface area contributed by atoms with Gasteiger partial charge in [0.15, 0.2) is 5.69 Å². The van der Waals surface area contributed by atoms with Crippen molar-refractivity contribution in [3.05, 3.63) is 71.5 Å². The molecule has 0 radical (unpaired) electrons. The molecule has 1 N–H and O–H groups in total. The van der Waals surface area contributed by atoms with E-state index in [-0.39, 0.29) is 24.0 Å². The quantitative estimate of drug-likeness (QED) is 0.648. The first-order chi connectivity index (χ1) is 15.2. The number of anilines is 2. The lowest BCUT2D eigenvalue weighted by Crippen LogP contribution is -2.43. The van der Waals surface area contributed by atoms with Crippen LogP contribution in [0.5, 0.6) is 5.75 Å². The largest absolute Gasteiger partial charge is 0.497 e. The second kappa shape index (κ2) is 8.03. The summed E-state index contributed by atoms with van der Waals surface area (Å²) >= 11 is 0. The summed E-state index contributed by atoms with van der Waals surface area (Å²) in [5.74, 6) is -0.304. The summed E-state index contributed by atoms with van der Waals surface area (Å²) in [4.78, 5) is 27.2. The predicted molar refractivity (Wildman–Crippen MR) is 111 cm³/mol. The normalized spacial score (nSPS) is 16.0. The highest BCUT2D eigenvalue weighted by Crippen LogP contribution is 2.33. The molecule has 0 fully saturated rings.